The van der Waals surface area contributed by atoms with Crippen LogP contribution in [0, 0.1) is 17.8 Å². The van der Waals surface area contributed by atoms with Gasteiger partial charge in [-0.25, -0.2) is 4.98 Å². The molecule has 2 aliphatic carbocycles. The second kappa shape index (κ2) is 9.23. The lowest BCUT2D eigenvalue weighted by molar-refractivity contribution is -0.0524. The van der Waals surface area contributed by atoms with Gasteiger partial charge in [0.15, 0.2) is 5.69 Å². The summed E-state index contributed by atoms with van der Waals surface area (Å²) in [5.74, 6) is 2.72. The zero-order chi connectivity index (χ0) is 25.1. The van der Waals surface area contributed by atoms with Crippen LogP contribution >= 0.6 is 0 Å². The van der Waals surface area contributed by atoms with Crippen LogP contribution in [0.5, 0.6) is 0 Å². The molecule has 3 aromatic rings. The van der Waals surface area contributed by atoms with Gasteiger partial charge >= 0.3 is 0 Å². The van der Waals surface area contributed by atoms with Crippen molar-refractivity contribution in [3.8, 4) is 11.4 Å². The van der Waals surface area contributed by atoms with Crippen molar-refractivity contribution in [1.29, 1.82) is 0 Å². The third kappa shape index (κ3) is 4.18. The summed E-state index contributed by atoms with van der Waals surface area (Å²) in [5.41, 5.74) is 2.26. The summed E-state index contributed by atoms with van der Waals surface area (Å²) in [5, 5.41) is 0. The van der Waals surface area contributed by atoms with Gasteiger partial charge in [0.25, 0.3) is 5.56 Å². The Morgan fingerprint density at radius 2 is 1.51 bits per heavy atom. The molecule has 0 spiro atoms. The quantitative estimate of drug-likeness (QED) is 0.516. The fraction of sp³-hybridized carbons (Fsp3) is 0.581. The van der Waals surface area contributed by atoms with Gasteiger partial charge in [0.05, 0.1) is 16.7 Å². The molecule has 2 saturated carbocycles. The molecule has 1 N–H and O–H groups in total. The minimum Gasteiger partial charge on any atom is -0.320 e. The number of aromatic nitrogens is 3. The van der Waals surface area contributed by atoms with Crippen LogP contribution in [0.3, 0.4) is 0 Å². The molecule has 7 atom stereocenters. The summed E-state index contributed by atoms with van der Waals surface area (Å²) in [7, 11) is 0. The van der Waals surface area contributed by atoms with E-state index in [1.54, 1.807) is 12.1 Å². The highest BCUT2D eigenvalue weighted by atomic mass is 16.1. The molecule has 6 heteroatoms. The number of nitrogens with zero attached hydrogens (tertiary/aromatic N) is 3. The molecule has 4 aliphatic rings. The average Bonchev–Trinajstić information content (AvgIpc) is 2.87. The number of pyridine rings is 1. The highest BCUT2D eigenvalue weighted by Crippen LogP contribution is 2.48. The van der Waals surface area contributed by atoms with E-state index < -0.39 is 0 Å². The van der Waals surface area contributed by atoms with E-state index in [2.05, 4.69) is 16.8 Å². The van der Waals surface area contributed by atoms with Crippen molar-refractivity contribution in [3.63, 3.8) is 0 Å². The summed E-state index contributed by atoms with van der Waals surface area (Å²) >= 11 is 0. The topological polar surface area (TPSA) is 71.0 Å². The number of piperidine rings is 2. The lowest BCUT2D eigenvalue weighted by atomic mass is 9.65. The van der Waals surface area contributed by atoms with Crippen LogP contribution in [-0.2, 0) is 0 Å². The highest BCUT2D eigenvalue weighted by molar-refractivity contribution is 5.77. The zero-order valence-corrected chi connectivity index (χ0v) is 21.8. The Morgan fingerprint density at radius 3 is 2.24 bits per heavy atom. The normalized spacial score (nSPS) is 33.9. The average molecular weight is 499 g/mol. The SMILES string of the molecule is C[C@@H]1C[C@@H]2C[C@H](C1)C[C@@H](N1[C@@H]3CCC[C@H]1C[C@@H](n1c(=O)c(-c4cccc(=O)[nH]4)nc4ccccc41)C3)C2. The van der Waals surface area contributed by atoms with Gasteiger partial charge < -0.3 is 9.55 Å². The Balaban J connectivity index is 1.25. The molecular formula is C31H38N4O2. The smallest absolute Gasteiger partial charge is 0.279 e. The number of nitrogens with one attached hydrogen (secondary N) is 1. The number of rotatable bonds is 3. The number of hydrogen-bond donors (Lipinski definition) is 1. The molecule has 0 amide bonds. The predicted octanol–water partition coefficient (Wildman–Crippen LogP) is 5.52. The Bertz CT molecular complexity index is 1390. The van der Waals surface area contributed by atoms with Gasteiger partial charge in [-0.15, -0.1) is 0 Å². The number of benzene rings is 1. The molecule has 4 heterocycles. The highest BCUT2D eigenvalue weighted by Gasteiger charge is 2.46. The lowest BCUT2D eigenvalue weighted by Gasteiger charge is -2.55. The van der Waals surface area contributed by atoms with E-state index in [9.17, 15) is 9.59 Å². The maximum atomic E-state index is 14.0. The molecule has 37 heavy (non-hydrogen) atoms. The molecule has 2 aliphatic heterocycles. The van der Waals surface area contributed by atoms with Gasteiger partial charge in [-0.2, -0.15) is 0 Å². The fourth-order valence-corrected chi connectivity index (χ4v) is 8.87. The summed E-state index contributed by atoms with van der Waals surface area (Å²) in [6.45, 7) is 2.45. The largest absolute Gasteiger partial charge is 0.320 e. The molecule has 2 aromatic heterocycles. The van der Waals surface area contributed by atoms with Crippen molar-refractivity contribution < 1.29 is 0 Å². The molecule has 194 valence electrons. The summed E-state index contributed by atoms with van der Waals surface area (Å²) in [6, 6.07) is 14.9. The lowest BCUT2D eigenvalue weighted by Crippen LogP contribution is -2.58. The van der Waals surface area contributed by atoms with Crippen molar-refractivity contribution in [3.05, 3.63) is 63.2 Å². The summed E-state index contributed by atoms with van der Waals surface area (Å²) in [6.07, 6.45) is 12.9. The van der Waals surface area contributed by atoms with Gasteiger partial charge in [0.2, 0.25) is 5.56 Å². The Labute approximate surface area is 218 Å². The molecule has 2 saturated heterocycles. The Morgan fingerprint density at radius 1 is 0.784 bits per heavy atom. The third-order valence-electron chi connectivity index (χ3n) is 9.96. The van der Waals surface area contributed by atoms with Crippen LogP contribution in [0.15, 0.2) is 52.1 Å². The van der Waals surface area contributed by atoms with Crippen LogP contribution in [-0.4, -0.2) is 37.6 Å². The van der Waals surface area contributed by atoms with Crippen LogP contribution in [0.4, 0.5) is 0 Å². The van der Waals surface area contributed by atoms with Crippen molar-refractivity contribution in [2.75, 3.05) is 0 Å². The van der Waals surface area contributed by atoms with Crippen LogP contribution in [0.2, 0.25) is 0 Å². The minimum absolute atomic E-state index is 0.0849. The molecule has 6 nitrogen and oxygen atoms in total. The number of hydrogen-bond acceptors (Lipinski definition) is 4. The van der Waals surface area contributed by atoms with E-state index in [4.69, 9.17) is 4.98 Å². The zero-order valence-electron chi connectivity index (χ0n) is 21.8. The second-order valence-corrected chi connectivity index (χ2v) is 12.5. The molecule has 4 fully saturated rings. The maximum absolute atomic E-state index is 14.0. The van der Waals surface area contributed by atoms with Crippen LogP contribution < -0.4 is 11.1 Å². The molecular weight excluding hydrogens is 460 g/mol. The van der Waals surface area contributed by atoms with E-state index in [1.165, 1.54) is 57.4 Å². The Kier molecular flexibility index (Phi) is 5.83. The fourth-order valence-electron chi connectivity index (χ4n) is 8.87. The van der Waals surface area contributed by atoms with Gasteiger partial charge in [-0.05, 0) is 93.7 Å². The van der Waals surface area contributed by atoms with Gasteiger partial charge in [-0.3, -0.25) is 14.5 Å². The second-order valence-electron chi connectivity index (χ2n) is 12.5. The maximum Gasteiger partial charge on any atom is 0.279 e. The first-order valence-corrected chi connectivity index (χ1v) is 14.5. The van der Waals surface area contributed by atoms with Gasteiger partial charge in [0.1, 0.15) is 0 Å². The molecule has 1 aromatic carbocycles. The first-order chi connectivity index (χ1) is 18.0. The van der Waals surface area contributed by atoms with Crippen molar-refractivity contribution in [2.24, 2.45) is 17.8 Å². The van der Waals surface area contributed by atoms with E-state index >= 15 is 0 Å². The number of aromatic amines is 1. The molecule has 7 rings (SSSR count). The monoisotopic (exact) mass is 498 g/mol. The molecule has 4 bridgehead atoms. The molecule has 0 unspecified atom stereocenters. The summed E-state index contributed by atoms with van der Waals surface area (Å²) < 4.78 is 2.03. The first-order valence-electron chi connectivity index (χ1n) is 14.5. The van der Waals surface area contributed by atoms with E-state index in [1.807, 2.05) is 28.8 Å². The number of para-hydroxylation sites is 2. The van der Waals surface area contributed by atoms with Gasteiger partial charge in [-0.1, -0.05) is 31.5 Å². The standard InChI is InChI=1S/C31H38N4O2/c1-19-12-20-14-21(13-19)16-24(15-20)34-22-6-4-7-23(34)18-25(17-22)35-28-10-3-2-8-26(28)33-30(31(35)37)27-9-5-11-29(36)32-27/h2-3,5,8-11,19-25H,4,6-7,12-18H2,1H3,(H,32,36)/t19-,20-,21+,22-,23+,24+,25+. The molecule has 0 radical (unpaired) electrons. The summed E-state index contributed by atoms with van der Waals surface area (Å²) in [4.78, 5) is 36.6. The minimum atomic E-state index is -0.215. The van der Waals surface area contributed by atoms with Crippen molar-refractivity contribution in [1.82, 2.24) is 19.4 Å². The third-order valence-corrected chi connectivity index (χ3v) is 9.96. The number of fused-ring (bicyclic) bond motifs is 5. The van der Waals surface area contributed by atoms with Gasteiger partial charge in [0, 0.05) is 30.2 Å². The first kappa shape index (κ1) is 23.4. The van der Waals surface area contributed by atoms with E-state index in [0.717, 1.165) is 47.7 Å². The van der Waals surface area contributed by atoms with E-state index in [0.29, 0.717) is 23.5 Å². The predicted molar refractivity (Wildman–Crippen MR) is 147 cm³/mol. The number of H-pyrrole nitrogens is 1. The van der Waals surface area contributed by atoms with E-state index in [-0.39, 0.29) is 17.2 Å². The van der Waals surface area contributed by atoms with Crippen LogP contribution in [0.1, 0.15) is 77.2 Å². The Hall–Kier alpha value is -2.73. The van der Waals surface area contributed by atoms with Crippen LogP contribution in [0.25, 0.3) is 22.4 Å². The van der Waals surface area contributed by atoms with Crippen molar-refractivity contribution in [2.45, 2.75) is 95.3 Å². The van der Waals surface area contributed by atoms with Crippen molar-refractivity contribution >= 4 is 11.0 Å².